The summed E-state index contributed by atoms with van der Waals surface area (Å²) in [7, 11) is 3.40. The number of hydrogen-bond donors (Lipinski definition) is 1. The Morgan fingerprint density at radius 3 is 2.71 bits per heavy atom. The van der Waals surface area contributed by atoms with Crippen molar-refractivity contribution in [1.82, 2.24) is 4.90 Å². The lowest BCUT2D eigenvalue weighted by Gasteiger charge is -2.15. The van der Waals surface area contributed by atoms with E-state index < -0.39 is 6.04 Å². The van der Waals surface area contributed by atoms with Crippen molar-refractivity contribution in [2.24, 2.45) is 5.73 Å². The van der Waals surface area contributed by atoms with Crippen LogP contribution in [0.3, 0.4) is 0 Å². The Bertz CT molecular complexity index is 324. The normalized spacial score (nSPS) is 12.6. The van der Waals surface area contributed by atoms with E-state index in [9.17, 15) is 4.79 Å². The number of likely N-dealkylation sites (N-methyl/N-ethyl adjacent to an activating group) is 1. The largest absolute Gasteiger partial charge is 0.347 e. The average Bonchev–Trinajstić information content (AvgIpc) is 2.49. The van der Waals surface area contributed by atoms with E-state index in [1.807, 2.05) is 12.1 Å². The second-order valence-electron chi connectivity index (χ2n) is 3.25. The van der Waals surface area contributed by atoms with Gasteiger partial charge in [-0.25, -0.2) is 0 Å². The minimum absolute atomic E-state index is 0.0606. The molecular weight excluding hydrogens is 220 g/mol. The van der Waals surface area contributed by atoms with E-state index >= 15 is 0 Å². The summed E-state index contributed by atoms with van der Waals surface area (Å²) in [5.41, 5.74) is 5.73. The maximum atomic E-state index is 11.4. The van der Waals surface area contributed by atoms with Crippen molar-refractivity contribution in [3.63, 3.8) is 0 Å². The smallest absolute Gasteiger partial charge is 0.239 e. The number of thiophene rings is 1. The van der Waals surface area contributed by atoms with Gasteiger partial charge >= 0.3 is 0 Å². The first-order chi connectivity index (χ1) is 6.50. The summed E-state index contributed by atoms with van der Waals surface area (Å²) in [5.74, 6) is -0.0606. The topological polar surface area (TPSA) is 46.3 Å². The van der Waals surface area contributed by atoms with E-state index in [1.54, 1.807) is 14.1 Å². The fraction of sp³-hybridized carbons (Fsp3) is 0.444. The van der Waals surface area contributed by atoms with Gasteiger partial charge in [-0.1, -0.05) is 11.6 Å². The molecule has 2 N–H and O–H groups in total. The van der Waals surface area contributed by atoms with Gasteiger partial charge < -0.3 is 10.6 Å². The zero-order valence-electron chi connectivity index (χ0n) is 8.16. The van der Waals surface area contributed by atoms with Gasteiger partial charge in [-0.15, -0.1) is 11.3 Å². The molecule has 1 rings (SSSR count). The molecule has 0 aliphatic carbocycles. The third-order valence-corrected chi connectivity index (χ3v) is 3.06. The number of nitrogens with two attached hydrogens (primary N) is 1. The van der Waals surface area contributed by atoms with E-state index in [1.165, 1.54) is 16.2 Å². The molecule has 3 nitrogen and oxygen atoms in total. The van der Waals surface area contributed by atoms with Crippen LogP contribution in [0.5, 0.6) is 0 Å². The van der Waals surface area contributed by atoms with Crippen molar-refractivity contribution in [3.8, 4) is 0 Å². The lowest BCUT2D eigenvalue weighted by Crippen LogP contribution is -2.41. The van der Waals surface area contributed by atoms with E-state index in [0.29, 0.717) is 6.42 Å². The van der Waals surface area contributed by atoms with Crippen LogP contribution in [0.2, 0.25) is 4.34 Å². The fourth-order valence-electron chi connectivity index (χ4n) is 1.10. The van der Waals surface area contributed by atoms with E-state index in [0.717, 1.165) is 9.21 Å². The molecule has 1 aromatic rings. The lowest BCUT2D eigenvalue weighted by molar-refractivity contribution is -0.130. The van der Waals surface area contributed by atoms with Gasteiger partial charge in [0.15, 0.2) is 0 Å². The Morgan fingerprint density at radius 2 is 2.29 bits per heavy atom. The van der Waals surface area contributed by atoms with E-state index in [-0.39, 0.29) is 5.91 Å². The highest BCUT2D eigenvalue weighted by Crippen LogP contribution is 2.22. The Hall–Kier alpha value is -0.580. The number of halogens is 1. The molecule has 1 aromatic heterocycles. The molecule has 5 heteroatoms. The highest BCUT2D eigenvalue weighted by molar-refractivity contribution is 7.16. The van der Waals surface area contributed by atoms with Gasteiger partial charge in [0.2, 0.25) is 5.91 Å². The number of carbonyl (C=O) groups is 1. The molecule has 0 aromatic carbocycles. The van der Waals surface area contributed by atoms with E-state index in [4.69, 9.17) is 17.3 Å². The van der Waals surface area contributed by atoms with Crippen LogP contribution in [-0.4, -0.2) is 30.9 Å². The van der Waals surface area contributed by atoms with Gasteiger partial charge in [0.05, 0.1) is 10.4 Å². The van der Waals surface area contributed by atoms with Gasteiger partial charge in [-0.3, -0.25) is 4.79 Å². The predicted molar refractivity (Wildman–Crippen MR) is 59.7 cm³/mol. The SMILES string of the molecule is CN(C)C(=O)C(N)Cc1ccc(Cl)s1. The molecule has 14 heavy (non-hydrogen) atoms. The van der Waals surface area contributed by atoms with Crippen LogP contribution < -0.4 is 5.73 Å². The second kappa shape index (κ2) is 4.77. The number of nitrogens with zero attached hydrogens (tertiary/aromatic N) is 1. The van der Waals surface area contributed by atoms with Crippen molar-refractivity contribution < 1.29 is 4.79 Å². The quantitative estimate of drug-likeness (QED) is 0.856. The summed E-state index contributed by atoms with van der Waals surface area (Å²) in [6.45, 7) is 0. The van der Waals surface area contributed by atoms with Crippen molar-refractivity contribution in [2.45, 2.75) is 12.5 Å². The molecule has 0 spiro atoms. The van der Waals surface area contributed by atoms with Gasteiger partial charge in [0.25, 0.3) is 0 Å². The van der Waals surface area contributed by atoms with Crippen LogP contribution in [-0.2, 0) is 11.2 Å². The maximum absolute atomic E-state index is 11.4. The number of rotatable bonds is 3. The summed E-state index contributed by atoms with van der Waals surface area (Å²) in [5, 5.41) is 0. The van der Waals surface area contributed by atoms with Crippen molar-refractivity contribution in [2.75, 3.05) is 14.1 Å². The first-order valence-corrected chi connectivity index (χ1v) is 5.41. The molecule has 1 unspecified atom stereocenters. The molecule has 0 saturated heterocycles. The number of carbonyl (C=O) groups excluding carboxylic acids is 1. The summed E-state index contributed by atoms with van der Waals surface area (Å²) >= 11 is 7.23. The molecule has 0 aliphatic rings. The monoisotopic (exact) mass is 232 g/mol. The highest BCUT2D eigenvalue weighted by atomic mass is 35.5. The molecule has 1 atom stereocenters. The lowest BCUT2D eigenvalue weighted by atomic mass is 10.2. The summed E-state index contributed by atoms with van der Waals surface area (Å²) in [4.78, 5) is 14.0. The first kappa shape index (κ1) is 11.5. The summed E-state index contributed by atoms with van der Waals surface area (Å²) < 4.78 is 0.726. The van der Waals surface area contributed by atoms with Crippen molar-refractivity contribution in [3.05, 3.63) is 21.3 Å². The summed E-state index contributed by atoms with van der Waals surface area (Å²) in [6, 6.07) is 3.24. The fourth-order valence-corrected chi connectivity index (χ4v) is 2.24. The van der Waals surface area contributed by atoms with Crippen LogP contribution in [0.25, 0.3) is 0 Å². The second-order valence-corrected chi connectivity index (χ2v) is 5.05. The molecule has 1 amide bonds. The van der Waals surface area contributed by atoms with Crippen LogP contribution in [0, 0.1) is 0 Å². The van der Waals surface area contributed by atoms with Gasteiger partial charge in [-0.2, -0.15) is 0 Å². The summed E-state index contributed by atoms with van der Waals surface area (Å²) in [6.07, 6.45) is 0.550. The third kappa shape index (κ3) is 2.97. The van der Waals surface area contributed by atoms with Crippen LogP contribution in [0.4, 0.5) is 0 Å². The number of hydrogen-bond acceptors (Lipinski definition) is 3. The molecule has 1 heterocycles. The zero-order chi connectivity index (χ0) is 10.7. The zero-order valence-corrected chi connectivity index (χ0v) is 9.73. The third-order valence-electron chi connectivity index (χ3n) is 1.81. The van der Waals surface area contributed by atoms with E-state index in [2.05, 4.69) is 0 Å². The molecule has 0 aliphatic heterocycles. The first-order valence-electron chi connectivity index (χ1n) is 4.21. The molecule has 78 valence electrons. The van der Waals surface area contributed by atoms with Crippen LogP contribution >= 0.6 is 22.9 Å². The average molecular weight is 233 g/mol. The molecule has 0 radical (unpaired) electrons. The Kier molecular flexibility index (Phi) is 3.92. The Balaban J connectivity index is 2.57. The van der Waals surface area contributed by atoms with Gasteiger partial charge in [0.1, 0.15) is 0 Å². The van der Waals surface area contributed by atoms with Crippen LogP contribution in [0.1, 0.15) is 4.88 Å². The van der Waals surface area contributed by atoms with Gasteiger partial charge in [0, 0.05) is 25.4 Å². The molecule has 0 fully saturated rings. The predicted octanol–water partition coefficient (Wildman–Crippen LogP) is 1.36. The molecule has 0 bridgehead atoms. The standard InChI is InChI=1S/C9H13ClN2OS/c1-12(2)9(13)7(11)5-6-3-4-8(10)14-6/h3-4,7H,5,11H2,1-2H3. The maximum Gasteiger partial charge on any atom is 0.239 e. The van der Waals surface area contributed by atoms with Crippen molar-refractivity contribution in [1.29, 1.82) is 0 Å². The minimum Gasteiger partial charge on any atom is -0.347 e. The van der Waals surface area contributed by atoms with Crippen molar-refractivity contribution >= 4 is 28.8 Å². The molecular formula is C9H13ClN2OS. The minimum atomic E-state index is -0.472. The number of amides is 1. The van der Waals surface area contributed by atoms with Crippen LogP contribution in [0.15, 0.2) is 12.1 Å². The molecule has 0 saturated carbocycles. The van der Waals surface area contributed by atoms with Gasteiger partial charge in [-0.05, 0) is 12.1 Å². The Labute approximate surface area is 92.5 Å². The highest BCUT2D eigenvalue weighted by Gasteiger charge is 2.16. The Morgan fingerprint density at radius 1 is 1.64 bits per heavy atom.